The molecule has 1 atom stereocenters. The third kappa shape index (κ3) is 5.52. The van der Waals surface area contributed by atoms with Crippen molar-refractivity contribution in [1.29, 1.82) is 0 Å². The summed E-state index contributed by atoms with van der Waals surface area (Å²) in [5, 5.41) is 3.55. The van der Waals surface area contributed by atoms with Gasteiger partial charge in [0.1, 0.15) is 5.60 Å². The number of hydrogen-bond donors (Lipinski definition) is 1. The highest BCUT2D eigenvalue weighted by Gasteiger charge is 2.29. The van der Waals surface area contributed by atoms with Gasteiger partial charge in [0.2, 0.25) is 0 Å². The average molecular weight is 332 g/mol. The molecule has 1 aromatic rings. The van der Waals surface area contributed by atoms with Gasteiger partial charge in [0.05, 0.1) is 0 Å². The van der Waals surface area contributed by atoms with Gasteiger partial charge in [-0.15, -0.1) is 0 Å². The molecule has 134 valence electrons. The summed E-state index contributed by atoms with van der Waals surface area (Å²) >= 11 is 0. The van der Waals surface area contributed by atoms with Crippen LogP contribution in [0.2, 0.25) is 0 Å². The number of benzene rings is 1. The van der Waals surface area contributed by atoms with E-state index in [4.69, 9.17) is 4.74 Å². The largest absolute Gasteiger partial charge is 0.444 e. The van der Waals surface area contributed by atoms with E-state index >= 15 is 0 Å². The highest BCUT2D eigenvalue weighted by atomic mass is 16.6. The Labute approximate surface area is 146 Å². The number of hydrogen-bond acceptors (Lipinski definition) is 3. The van der Waals surface area contributed by atoms with Crippen molar-refractivity contribution in [3.63, 3.8) is 0 Å². The van der Waals surface area contributed by atoms with E-state index in [0.717, 1.165) is 26.1 Å². The first kappa shape index (κ1) is 18.8. The molecule has 1 N–H and O–H groups in total. The number of carbonyl (C=O) groups is 1. The second-order valence-electron chi connectivity index (χ2n) is 8.74. The fourth-order valence-electron chi connectivity index (χ4n) is 2.80. The summed E-state index contributed by atoms with van der Waals surface area (Å²) < 4.78 is 5.44. The van der Waals surface area contributed by atoms with Crippen molar-refractivity contribution in [2.75, 3.05) is 13.1 Å². The van der Waals surface area contributed by atoms with Crippen LogP contribution in [0.5, 0.6) is 0 Å². The molecule has 0 radical (unpaired) electrons. The van der Waals surface area contributed by atoms with E-state index in [1.54, 1.807) is 4.90 Å². The van der Waals surface area contributed by atoms with Gasteiger partial charge in [-0.2, -0.15) is 0 Å². The van der Waals surface area contributed by atoms with Crippen LogP contribution in [0.1, 0.15) is 59.1 Å². The third-order valence-electron chi connectivity index (χ3n) is 4.25. The van der Waals surface area contributed by atoms with Crippen LogP contribution in [-0.4, -0.2) is 35.7 Å². The summed E-state index contributed by atoms with van der Waals surface area (Å²) in [6.07, 6.45) is 0.764. The van der Waals surface area contributed by atoms with Crippen molar-refractivity contribution in [2.45, 2.75) is 71.6 Å². The molecular weight excluding hydrogens is 300 g/mol. The van der Waals surface area contributed by atoms with Gasteiger partial charge >= 0.3 is 6.09 Å². The van der Waals surface area contributed by atoms with Crippen molar-refractivity contribution in [3.05, 3.63) is 35.4 Å². The van der Waals surface area contributed by atoms with Gasteiger partial charge in [-0.25, -0.2) is 4.79 Å². The molecule has 1 saturated heterocycles. The molecule has 1 aromatic carbocycles. The van der Waals surface area contributed by atoms with Crippen LogP contribution in [0, 0.1) is 0 Å². The SMILES string of the molecule is CC(C)(C)OC(=O)N1CCC(NCc2ccc(C(C)(C)C)cc2)C1. The number of nitrogens with one attached hydrogen (secondary N) is 1. The molecule has 1 heterocycles. The van der Waals surface area contributed by atoms with Gasteiger partial charge in [-0.3, -0.25) is 0 Å². The highest BCUT2D eigenvalue weighted by Crippen LogP contribution is 2.22. The average Bonchev–Trinajstić information content (AvgIpc) is 2.92. The van der Waals surface area contributed by atoms with Gasteiger partial charge < -0.3 is 15.0 Å². The number of amides is 1. The van der Waals surface area contributed by atoms with Gasteiger partial charge in [-0.1, -0.05) is 45.0 Å². The lowest BCUT2D eigenvalue weighted by atomic mass is 9.87. The number of rotatable bonds is 3. The minimum absolute atomic E-state index is 0.186. The van der Waals surface area contributed by atoms with E-state index in [1.807, 2.05) is 20.8 Å². The molecular formula is C20H32N2O2. The summed E-state index contributed by atoms with van der Waals surface area (Å²) in [7, 11) is 0. The van der Waals surface area contributed by atoms with E-state index in [9.17, 15) is 4.79 Å². The van der Waals surface area contributed by atoms with Crippen LogP contribution >= 0.6 is 0 Å². The minimum Gasteiger partial charge on any atom is -0.444 e. The molecule has 24 heavy (non-hydrogen) atoms. The Morgan fingerprint density at radius 2 is 1.79 bits per heavy atom. The van der Waals surface area contributed by atoms with E-state index in [1.165, 1.54) is 11.1 Å². The Balaban J connectivity index is 1.81. The first-order valence-electron chi connectivity index (χ1n) is 8.85. The molecule has 4 nitrogen and oxygen atoms in total. The smallest absolute Gasteiger partial charge is 0.410 e. The van der Waals surface area contributed by atoms with Gasteiger partial charge in [-0.05, 0) is 43.7 Å². The zero-order valence-corrected chi connectivity index (χ0v) is 16.0. The zero-order valence-electron chi connectivity index (χ0n) is 16.0. The molecule has 1 fully saturated rings. The van der Waals surface area contributed by atoms with E-state index < -0.39 is 5.60 Å². The lowest BCUT2D eigenvalue weighted by Gasteiger charge is -2.24. The molecule has 1 unspecified atom stereocenters. The highest BCUT2D eigenvalue weighted by molar-refractivity contribution is 5.68. The maximum absolute atomic E-state index is 12.1. The summed E-state index contributed by atoms with van der Waals surface area (Å²) in [4.78, 5) is 13.9. The fourth-order valence-corrected chi connectivity index (χ4v) is 2.80. The van der Waals surface area contributed by atoms with Crippen LogP contribution in [-0.2, 0) is 16.7 Å². The molecule has 0 saturated carbocycles. The molecule has 0 aromatic heterocycles. The maximum atomic E-state index is 12.1. The van der Waals surface area contributed by atoms with Gasteiger partial charge in [0.25, 0.3) is 0 Å². The quantitative estimate of drug-likeness (QED) is 0.907. The Kier molecular flexibility index (Phi) is 5.59. The molecule has 0 spiro atoms. The summed E-state index contributed by atoms with van der Waals surface area (Å²) in [5.41, 5.74) is 2.38. The van der Waals surface area contributed by atoms with Crippen molar-refractivity contribution < 1.29 is 9.53 Å². The lowest BCUT2D eigenvalue weighted by molar-refractivity contribution is 0.0291. The van der Waals surface area contributed by atoms with Crippen molar-refractivity contribution in [1.82, 2.24) is 10.2 Å². The lowest BCUT2D eigenvalue weighted by Crippen LogP contribution is -2.38. The van der Waals surface area contributed by atoms with Crippen molar-refractivity contribution in [3.8, 4) is 0 Å². The topological polar surface area (TPSA) is 41.6 Å². The maximum Gasteiger partial charge on any atom is 0.410 e. The van der Waals surface area contributed by atoms with Crippen LogP contribution in [0.3, 0.4) is 0 Å². The summed E-state index contributed by atoms with van der Waals surface area (Å²) in [6, 6.07) is 9.12. The van der Waals surface area contributed by atoms with Crippen molar-refractivity contribution >= 4 is 6.09 Å². The molecule has 4 heteroatoms. The molecule has 0 aliphatic carbocycles. The van der Waals surface area contributed by atoms with E-state index in [2.05, 4.69) is 50.4 Å². The van der Waals surface area contributed by atoms with E-state index in [0.29, 0.717) is 6.04 Å². The standard InChI is InChI=1S/C20H32N2O2/c1-19(2,3)16-9-7-15(8-10-16)13-21-17-11-12-22(14-17)18(23)24-20(4,5)6/h7-10,17,21H,11-14H2,1-6H3. The molecule has 1 aliphatic heterocycles. The molecule has 1 amide bonds. The van der Waals surface area contributed by atoms with Crippen LogP contribution in [0.15, 0.2) is 24.3 Å². The predicted molar refractivity (Wildman–Crippen MR) is 98.2 cm³/mol. The Morgan fingerprint density at radius 3 is 2.33 bits per heavy atom. The van der Waals surface area contributed by atoms with Crippen LogP contribution in [0.25, 0.3) is 0 Å². The number of nitrogens with zero attached hydrogens (tertiary/aromatic N) is 1. The van der Waals surface area contributed by atoms with E-state index in [-0.39, 0.29) is 11.5 Å². The molecule has 2 rings (SSSR count). The second-order valence-corrected chi connectivity index (χ2v) is 8.74. The second kappa shape index (κ2) is 7.14. The Morgan fingerprint density at radius 1 is 1.17 bits per heavy atom. The minimum atomic E-state index is -0.433. The Hall–Kier alpha value is -1.55. The normalized spacial score (nSPS) is 18.8. The summed E-state index contributed by atoms with van der Waals surface area (Å²) in [5.74, 6) is 0. The molecule has 0 bridgehead atoms. The predicted octanol–water partition coefficient (Wildman–Crippen LogP) is 4.08. The van der Waals surface area contributed by atoms with Gasteiger partial charge in [0.15, 0.2) is 0 Å². The first-order valence-corrected chi connectivity index (χ1v) is 8.85. The molecule has 1 aliphatic rings. The summed E-state index contributed by atoms with van der Waals surface area (Å²) in [6.45, 7) is 14.7. The monoisotopic (exact) mass is 332 g/mol. The Bertz CT molecular complexity index is 552. The zero-order chi connectivity index (χ0) is 18.0. The van der Waals surface area contributed by atoms with Crippen molar-refractivity contribution in [2.24, 2.45) is 0 Å². The number of carbonyl (C=O) groups excluding carboxylic acids is 1. The third-order valence-corrected chi connectivity index (χ3v) is 4.25. The first-order chi connectivity index (χ1) is 11.0. The van der Waals surface area contributed by atoms with Crippen LogP contribution in [0.4, 0.5) is 4.79 Å². The number of ether oxygens (including phenoxy) is 1. The fraction of sp³-hybridized carbons (Fsp3) is 0.650. The number of likely N-dealkylation sites (tertiary alicyclic amines) is 1. The van der Waals surface area contributed by atoms with Crippen LogP contribution < -0.4 is 5.32 Å². The van der Waals surface area contributed by atoms with Gasteiger partial charge in [0, 0.05) is 25.7 Å².